The molecule has 0 heterocycles. The first-order valence-electron chi connectivity index (χ1n) is 5.79. The fourth-order valence-electron chi connectivity index (χ4n) is 1.90. The van der Waals surface area contributed by atoms with Crippen LogP contribution in [0.1, 0.15) is 32.1 Å². The molecule has 1 aromatic carbocycles. The van der Waals surface area contributed by atoms with Gasteiger partial charge in [0.25, 0.3) is 0 Å². The van der Waals surface area contributed by atoms with Crippen LogP contribution < -0.4 is 10.9 Å². The van der Waals surface area contributed by atoms with Crippen LogP contribution in [0.3, 0.4) is 0 Å². The Balaban J connectivity index is 1.80. The van der Waals surface area contributed by atoms with E-state index in [1.54, 1.807) is 0 Å². The van der Waals surface area contributed by atoms with Crippen molar-refractivity contribution in [2.45, 2.75) is 32.1 Å². The van der Waals surface area contributed by atoms with E-state index in [-0.39, 0.29) is 0 Å². The first-order chi connectivity index (χ1) is 7.84. The number of allylic oxidation sites excluding steroid dienone is 1. The molecule has 0 bridgehead atoms. The van der Waals surface area contributed by atoms with Crippen LogP contribution in [0.5, 0.6) is 0 Å². The third kappa shape index (κ3) is 3.56. The number of nitrogens with one attached hydrogen (secondary N) is 2. The van der Waals surface area contributed by atoms with Crippen molar-refractivity contribution in [3.05, 3.63) is 40.5 Å². The SMILES string of the molecule is Brc1ccc(NNC=C2CCCCC2)cc1. The van der Waals surface area contributed by atoms with Crippen LogP contribution in [0.2, 0.25) is 0 Å². The van der Waals surface area contributed by atoms with E-state index in [1.165, 1.54) is 37.7 Å². The zero-order valence-corrected chi connectivity index (χ0v) is 10.9. The van der Waals surface area contributed by atoms with Gasteiger partial charge in [-0.15, -0.1) is 0 Å². The Morgan fingerprint density at radius 2 is 1.69 bits per heavy atom. The van der Waals surface area contributed by atoms with E-state index in [2.05, 4.69) is 33.0 Å². The molecule has 1 saturated carbocycles. The molecule has 2 rings (SSSR count). The van der Waals surface area contributed by atoms with Gasteiger partial charge in [0, 0.05) is 10.7 Å². The number of hydrazine groups is 1. The maximum Gasteiger partial charge on any atom is 0.0540 e. The molecule has 86 valence electrons. The van der Waals surface area contributed by atoms with Crippen LogP contribution in [0.4, 0.5) is 5.69 Å². The maximum atomic E-state index is 3.42. The first-order valence-corrected chi connectivity index (χ1v) is 6.59. The quantitative estimate of drug-likeness (QED) is 0.811. The Morgan fingerprint density at radius 3 is 2.38 bits per heavy atom. The Kier molecular flexibility index (Phi) is 4.28. The van der Waals surface area contributed by atoms with Crippen molar-refractivity contribution in [2.24, 2.45) is 0 Å². The van der Waals surface area contributed by atoms with Crippen molar-refractivity contribution in [1.29, 1.82) is 0 Å². The molecular weight excluding hydrogens is 264 g/mol. The van der Waals surface area contributed by atoms with E-state index in [9.17, 15) is 0 Å². The van der Waals surface area contributed by atoms with Gasteiger partial charge >= 0.3 is 0 Å². The van der Waals surface area contributed by atoms with E-state index < -0.39 is 0 Å². The molecule has 0 aromatic heterocycles. The van der Waals surface area contributed by atoms with Gasteiger partial charge in [-0.2, -0.15) is 0 Å². The molecule has 16 heavy (non-hydrogen) atoms. The molecule has 1 aromatic rings. The number of anilines is 1. The van der Waals surface area contributed by atoms with Crippen LogP contribution in [-0.4, -0.2) is 0 Å². The monoisotopic (exact) mass is 280 g/mol. The Labute approximate surface area is 105 Å². The van der Waals surface area contributed by atoms with Crippen molar-refractivity contribution < 1.29 is 0 Å². The molecule has 0 spiro atoms. The lowest BCUT2D eigenvalue weighted by Gasteiger charge is -2.14. The van der Waals surface area contributed by atoms with Crippen molar-refractivity contribution in [3.8, 4) is 0 Å². The highest BCUT2D eigenvalue weighted by Crippen LogP contribution is 2.21. The van der Waals surface area contributed by atoms with Crippen molar-refractivity contribution in [3.63, 3.8) is 0 Å². The Bertz CT molecular complexity index is 349. The van der Waals surface area contributed by atoms with E-state index in [0.717, 1.165) is 10.2 Å². The molecule has 2 N–H and O–H groups in total. The summed E-state index contributed by atoms with van der Waals surface area (Å²) in [6.07, 6.45) is 8.67. The van der Waals surface area contributed by atoms with E-state index in [4.69, 9.17) is 0 Å². The van der Waals surface area contributed by atoms with Gasteiger partial charge < -0.3 is 10.9 Å². The fourth-order valence-corrected chi connectivity index (χ4v) is 2.17. The van der Waals surface area contributed by atoms with Crippen molar-refractivity contribution in [1.82, 2.24) is 5.43 Å². The average molecular weight is 281 g/mol. The normalized spacial score (nSPS) is 15.7. The molecule has 0 unspecified atom stereocenters. The van der Waals surface area contributed by atoms with Crippen LogP contribution in [0.15, 0.2) is 40.5 Å². The van der Waals surface area contributed by atoms with Crippen LogP contribution >= 0.6 is 15.9 Å². The fraction of sp³-hybridized carbons (Fsp3) is 0.385. The lowest BCUT2D eigenvalue weighted by Crippen LogP contribution is -2.15. The van der Waals surface area contributed by atoms with E-state index in [1.807, 2.05) is 24.3 Å². The van der Waals surface area contributed by atoms with E-state index in [0.29, 0.717) is 0 Å². The summed E-state index contributed by atoms with van der Waals surface area (Å²) in [7, 11) is 0. The number of halogens is 1. The first kappa shape index (κ1) is 11.5. The van der Waals surface area contributed by atoms with Gasteiger partial charge in [-0.3, -0.25) is 0 Å². The van der Waals surface area contributed by atoms with Crippen LogP contribution in [0, 0.1) is 0 Å². The Morgan fingerprint density at radius 1 is 1.00 bits per heavy atom. The molecule has 1 aliphatic rings. The second-order valence-electron chi connectivity index (χ2n) is 4.14. The summed E-state index contributed by atoms with van der Waals surface area (Å²) in [5.74, 6) is 0. The summed E-state index contributed by atoms with van der Waals surface area (Å²) in [5, 5.41) is 0. The number of hydrogen-bond acceptors (Lipinski definition) is 2. The summed E-state index contributed by atoms with van der Waals surface area (Å²) >= 11 is 3.42. The van der Waals surface area contributed by atoms with Gasteiger partial charge in [-0.25, -0.2) is 0 Å². The average Bonchev–Trinajstić information content (AvgIpc) is 2.33. The maximum absolute atomic E-state index is 3.42. The molecular formula is C13H17BrN2. The van der Waals surface area contributed by atoms with Crippen molar-refractivity contribution in [2.75, 3.05) is 5.43 Å². The standard InChI is InChI=1S/C13H17BrN2/c14-12-6-8-13(9-7-12)16-15-10-11-4-2-1-3-5-11/h6-10,15-16H,1-5H2. The third-order valence-corrected chi connectivity index (χ3v) is 3.36. The largest absolute Gasteiger partial charge is 0.308 e. The second kappa shape index (κ2) is 5.94. The van der Waals surface area contributed by atoms with Gasteiger partial charge in [0.1, 0.15) is 0 Å². The molecule has 0 aliphatic heterocycles. The molecule has 2 nitrogen and oxygen atoms in total. The molecule has 0 atom stereocenters. The van der Waals surface area contributed by atoms with Gasteiger partial charge in [0.05, 0.1) is 5.69 Å². The topological polar surface area (TPSA) is 24.1 Å². The Hall–Kier alpha value is -0.960. The highest BCUT2D eigenvalue weighted by atomic mass is 79.9. The summed E-state index contributed by atoms with van der Waals surface area (Å²) in [5.41, 5.74) is 8.94. The minimum atomic E-state index is 1.08. The molecule has 0 saturated heterocycles. The lowest BCUT2D eigenvalue weighted by atomic mass is 9.96. The van der Waals surface area contributed by atoms with E-state index >= 15 is 0 Å². The van der Waals surface area contributed by atoms with Gasteiger partial charge in [0.15, 0.2) is 0 Å². The summed E-state index contributed by atoms with van der Waals surface area (Å²) < 4.78 is 1.10. The smallest absolute Gasteiger partial charge is 0.0540 e. The number of benzene rings is 1. The van der Waals surface area contributed by atoms with Gasteiger partial charge in [-0.05, 0) is 49.9 Å². The molecule has 3 heteroatoms. The zero-order valence-electron chi connectivity index (χ0n) is 9.30. The minimum absolute atomic E-state index is 1.08. The summed E-state index contributed by atoms with van der Waals surface area (Å²) in [4.78, 5) is 0. The predicted molar refractivity (Wildman–Crippen MR) is 72.1 cm³/mol. The zero-order chi connectivity index (χ0) is 11.2. The third-order valence-electron chi connectivity index (χ3n) is 2.83. The molecule has 0 amide bonds. The second-order valence-corrected chi connectivity index (χ2v) is 5.06. The van der Waals surface area contributed by atoms with Crippen LogP contribution in [-0.2, 0) is 0 Å². The molecule has 1 aliphatic carbocycles. The molecule has 0 radical (unpaired) electrons. The predicted octanol–water partition coefficient (Wildman–Crippen LogP) is 4.21. The lowest BCUT2D eigenvalue weighted by molar-refractivity contribution is 0.595. The highest BCUT2D eigenvalue weighted by molar-refractivity contribution is 9.10. The summed E-state index contributed by atoms with van der Waals surface area (Å²) in [6.45, 7) is 0. The highest BCUT2D eigenvalue weighted by Gasteiger charge is 2.03. The van der Waals surface area contributed by atoms with Crippen LogP contribution in [0.25, 0.3) is 0 Å². The van der Waals surface area contributed by atoms with Crippen molar-refractivity contribution >= 4 is 21.6 Å². The van der Waals surface area contributed by atoms with Gasteiger partial charge in [0.2, 0.25) is 0 Å². The minimum Gasteiger partial charge on any atom is -0.308 e. The van der Waals surface area contributed by atoms with Gasteiger partial charge in [-0.1, -0.05) is 27.9 Å². The summed E-state index contributed by atoms with van der Waals surface area (Å²) in [6, 6.07) is 8.13. The number of rotatable bonds is 3. The number of hydrogen-bond donors (Lipinski definition) is 2. The molecule has 1 fully saturated rings.